The number of ether oxygens (including phenoxy) is 2. The maximum atomic E-state index is 14.1. The molecule has 1 aromatic heterocycles. The average molecular weight is 420 g/mol. The number of anilines is 2. The molecular weight excluding hydrogens is 391 g/mol. The molecule has 1 aliphatic heterocycles. The Bertz CT molecular complexity index is 907. The van der Waals surface area contributed by atoms with Crippen LogP contribution in [0.1, 0.15) is 49.0 Å². The number of aromatic nitrogens is 1. The first kappa shape index (κ1) is 23.6. The fourth-order valence-electron chi connectivity index (χ4n) is 3.01. The van der Waals surface area contributed by atoms with Gasteiger partial charge in [0.2, 0.25) is 0 Å². The van der Waals surface area contributed by atoms with Gasteiger partial charge in [-0.3, -0.25) is 4.79 Å². The molecule has 164 valence electrons. The van der Waals surface area contributed by atoms with E-state index in [2.05, 4.69) is 5.32 Å². The molecule has 8 heteroatoms. The van der Waals surface area contributed by atoms with Crippen LogP contribution in [0.3, 0.4) is 0 Å². The molecule has 30 heavy (non-hydrogen) atoms. The number of aromatic carboxylic acids is 1. The molecule has 0 radical (unpaired) electrons. The molecule has 1 aliphatic rings. The van der Waals surface area contributed by atoms with Gasteiger partial charge in [-0.05, 0) is 43.9 Å². The predicted octanol–water partition coefficient (Wildman–Crippen LogP) is 4.31. The Hall–Kier alpha value is -2.71. The molecule has 2 aromatic rings. The highest BCUT2D eigenvalue weighted by molar-refractivity contribution is 5.94. The average Bonchev–Trinajstić information content (AvgIpc) is 2.73. The number of carbonyl (C=O) groups is 1. The number of hydrogen-bond donors (Lipinski definition) is 2. The number of nitrogens with one attached hydrogen (secondary N) is 1. The minimum absolute atomic E-state index is 0.0352. The Morgan fingerprint density at radius 1 is 1.30 bits per heavy atom. The van der Waals surface area contributed by atoms with Gasteiger partial charge in [0.15, 0.2) is 6.29 Å². The topological polar surface area (TPSA) is 89.8 Å². The maximum absolute atomic E-state index is 14.1. The second-order valence-electron chi connectivity index (χ2n) is 6.71. The van der Waals surface area contributed by atoms with Crippen molar-refractivity contribution in [2.45, 2.75) is 52.9 Å². The van der Waals surface area contributed by atoms with E-state index in [1.807, 2.05) is 13.8 Å². The summed E-state index contributed by atoms with van der Waals surface area (Å²) in [6.45, 7) is 6.82. The molecule has 3 rings (SSSR count). The van der Waals surface area contributed by atoms with E-state index in [0.717, 1.165) is 30.9 Å². The first-order chi connectivity index (χ1) is 14.4. The molecule has 0 amide bonds. The molecule has 7 nitrogen and oxygen atoms in total. The zero-order valence-corrected chi connectivity index (χ0v) is 17.6. The van der Waals surface area contributed by atoms with Crippen LogP contribution in [0.2, 0.25) is 0 Å². The summed E-state index contributed by atoms with van der Waals surface area (Å²) in [7, 11) is 0. The van der Waals surface area contributed by atoms with Gasteiger partial charge in [-0.25, -0.2) is 9.18 Å². The van der Waals surface area contributed by atoms with E-state index in [1.54, 1.807) is 13.0 Å². The van der Waals surface area contributed by atoms with Crippen molar-refractivity contribution in [1.82, 2.24) is 4.57 Å². The number of halogens is 1. The molecule has 1 saturated heterocycles. The van der Waals surface area contributed by atoms with Crippen molar-refractivity contribution < 1.29 is 23.8 Å². The highest BCUT2D eigenvalue weighted by atomic mass is 19.1. The standard InChI is InChI=1S/C20H23FN2O5.C2H6/c1-13-5-6-16(15(21)10-13)22-17-11-18(24)23(12-14(17)20(25)26)7-9-28-19-4-2-3-8-27-19;1-2/h5-6,10-12,19,22H,2-4,7-9H2,1H3,(H,25,26);1-2H3. The summed E-state index contributed by atoms with van der Waals surface area (Å²) in [6, 6.07) is 5.67. The fourth-order valence-corrected chi connectivity index (χ4v) is 3.01. The second-order valence-corrected chi connectivity index (χ2v) is 6.71. The summed E-state index contributed by atoms with van der Waals surface area (Å²) < 4.78 is 26.4. The van der Waals surface area contributed by atoms with Gasteiger partial charge in [-0.2, -0.15) is 0 Å². The zero-order valence-electron chi connectivity index (χ0n) is 17.6. The monoisotopic (exact) mass is 420 g/mol. The molecule has 2 heterocycles. The van der Waals surface area contributed by atoms with Gasteiger partial charge in [-0.15, -0.1) is 0 Å². The fraction of sp³-hybridized carbons (Fsp3) is 0.455. The number of carboxylic acid groups (broad SMARTS) is 1. The van der Waals surface area contributed by atoms with Gasteiger partial charge >= 0.3 is 5.97 Å². The highest BCUT2D eigenvalue weighted by Gasteiger charge is 2.17. The molecule has 0 saturated carbocycles. The Labute approximate surface area is 175 Å². The quantitative estimate of drug-likeness (QED) is 0.694. The first-order valence-electron chi connectivity index (χ1n) is 10.2. The lowest BCUT2D eigenvalue weighted by Crippen LogP contribution is -2.27. The lowest BCUT2D eigenvalue weighted by atomic mass is 10.2. The van der Waals surface area contributed by atoms with E-state index in [9.17, 15) is 19.1 Å². The van der Waals surface area contributed by atoms with Crippen LogP contribution < -0.4 is 10.9 Å². The van der Waals surface area contributed by atoms with E-state index in [4.69, 9.17) is 9.47 Å². The third-order valence-electron chi connectivity index (χ3n) is 4.52. The molecule has 2 N–H and O–H groups in total. The SMILES string of the molecule is CC.Cc1ccc(Nc2cc(=O)n(CCOC3CCCCO3)cc2C(=O)O)c(F)c1. The van der Waals surface area contributed by atoms with Gasteiger partial charge in [0.1, 0.15) is 5.82 Å². The van der Waals surface area contributed by atoms with E-state index < -0.39 is 17.3 Å². The van der Waals surface area contributed by atoms with Crippen LogP contribution in [0, 0.1) is 12.7 Å². The predicted molar refractivity (Wildman–Crippen MR) is 113 cm³/mol. The zero-order chi connectivity index (χ0) is 22.1. The number of benzene rings is 1. The van der Waals surface area contributed by atoms with Crippen molar-refractivity contribution in [3.8, 4) is 0 Å². The summed E-state index contributed by atoms with van der Waals surface area (Å²) >= 11 is 0. The van der Waals surface area contributed by atoms with Gasteiger partial charge < -0.3 is 24.5 Å². The molecule has 1 unspecified atom stereocenters. The number of rotatable bonds is 7. The van der Waals surface area contributed by atoms with Crippen LogP contribution >= 0.6 is 0 Å². The third-order valence-corrected chi connectivity index (χ3v) is 4.52. The Kier molecular flexibility index (Phi) is 9.01. The van der Waals surface area contributed by atoms with Gasteiger partial charge in [0.05, 0.1) is 23.5 Å². The van der Waals surface area contributed by atoms with E-state index in [0.29, 0.717) is 6.61 Å². The number of aryl methyl sites for hydroxylation is 1. The third kappa shape index (κ3) is 6.40. The van der Waals surface area contributed by atoms with Crippen molar-refractivity contribution >= 4 is 17.3 Å². The molecule has 1 aromatic carbocycles. The normalized spacial score (nSPS) is 15.8. The summed E-state index contributed by atoms with van der Waals surface area (Å²) in [5.74, 6) is -1.75. The summed E-state index contributed by atoms with van der Waals surface area (Å²) in [5, 5.41) is 12.2. The first-order valence-corrected chi connectivity index (χ1v) is 10.2. The van der Waals surface area contributed by atoms with Crippen molar-refractivity contribution in [2.24, 2.45) is 0 Å². The number of hydrogen-bond acceptors (Lipinski definition) is 5. The lowest BCUT2D eigenvalue weighted by molar-refractivity contribution is -0.163. The van der Waals surface area contributed by atoms with Crippen LogP contribution in [0.15, 0.2) is 35.3 Å². The van der Waals surface area contributed by atoms with Crippen LogP contribution in [0.25, 0.3) is 0 Å². The van der Waals surface area contributed by atoms with Crippen LogP contribution in [-0.4, -0.2) is 35.1 Å². The molecular formula is C22H29FN2O5. The van der Waals surface area contributed by atoms with Crippen molar-refractivity contribution in [3.63, 3.8) is 0 Å². The summed E-state index contributed by atoms with van der Waals surface area (Å²) in [4.78, 5) is 24.0. The molecule has 0 aliphatic carbocycles. The molecule has 0 spiro atoms. The minimum Gasteiger partial charge on any atom is -0.478 e. The number of carboxylic acids is 1. The van der Waals surface area contributed by atoms with Crippen molar-refractivity contribution in [2.75, 3.05) is 18.5 Å². The Morgan fingerprint density at radius 2 is 2.07 bits per heavy atom. The largest absolute Gasteiger partial charge is 0.478 e. The van der Waals surface area contributed by atoms with Crippen molar-refractivity contribution in [1.29, 1.82) is 0 Å². The second kappa shape index (κ2) is 11.5. The maximum Gasteiger partial charge on any atom is 0.339 e. The molecule has 1 atom stereocenters. The van der Waals surface area contributed by atoms with Gasteiger partial charge in [0, 0.05) is 25.4 Å². The Morgan fingerprint density at radius 3 is 2.70 bits per heavy atom. The lowest BCUT2D eigenvalue weighted by Gasteiger charge is -2.22. The van der Waals surface area contributed by atoms with E-state index >= 15 is 0 Å². The minimum atomic E-state index is -1.22. The smallest absolute Gasteiger partial charge is 0.339 e. The number of pyridine rings is 1. The van der Waals surface area contributed by atoms with Gasteiger partial charge in [-0.1, -0.05) is 19.9 Å². The van der Waals surface area contributed by atoms with E-state index in [-0.39, 0.29) is 36.4 Å². The number of nitrogens with zero attached hydrogens (tertiary/aromatic N) is 1. The highest BCUT2D eigenvalue weighted by Crippen LogP contribution is 2.23. The molecule has 0 bridgehead atoms. The van der Waals surface area contributed by atoms with Crippen LogP contribution in [0.5, 0.6) is 0 Å². The van der Waals surface area contributed by atoms with Gasteiger partial charge in [0.25, 0.3) is 5.56 Å². The van der Waals surface area contributed by atoms with Crippen molar-refractivity contribution in [3.05, 3.63) is 57.8 Å². The van der Waals surface area contributed by atoms with Crippen LogP contribution in [-0.2, 0) is 16.0 Å². The van der Waals surface area contributed by atoms with E-state index in [1.165, 1.54) is 22.9 Å². The summed E-state index contributed by atoms with van der Waals surface area (Å²) in [5.41, 5.74) is 0.330. The summed E-state index contributed by atoms with van der Waals surface area (Å²) in [6.07, 6.45) is 3.81. The molecule has 1 fully saturated rings. The van der Waals surface area contributed by atoms with Crippen LogP contribution in [0.4, 0.5) is 15.8 Å². The Balaban J connectivity index is 0.00000155.